The van der Waals surface area contributed by atoms with Gasteiger partial charge in [0.05, 0.1) is 12.7 Å². The Hall–Kier alpha value is -2.91. The van der Waals surface area contributed by atoms with Gasteiger partial charge in [-0.3, -0.25) is 14.7 Å². The van der Waals surface area contributed by atoms with Gasteiger partial charge in [-0.1, -0.05) is 0 Å². The number of amides is 1. The van der Waals surface area contributed by atoms with Gasteiger partial charge in [-0.05, 0) is 57.1 Å². The van der Waals surface area contributed by atoms with Gasteiger partial charge >= 0.3 is 0 Å². The van der Waals surface area contributed by atoms with E-state index in [1.807, 2.05) is 24.4 Å². The average molecular weight is 427 g/mol. The van der Waals surface area contributed by atoms with Gasteiger partial charge in [0.15, 0.2) is 5.13 Å². The average Bonchev–Trinajstić information content (AvgIpc) is 3.23. The van der Waals surface area contributed by atoms with Crippen LogP contribution in [-0.2, 0) is 4.79 Å². The molecule has 7 nitrogen and oxygen atoms in total. The molecule has 3 aromatic heterocycles. The van der Waals surface area contributed by atoms with Crippen LogP contribution < -0.4 is 10.6 Å². The van der Waals surface area contributed by atoms with Crippen LogP contribution >= 0.6 is 11.3 Å². The van der Waals surface area contributed by atoms with Crippen LogP contribution in [0.2, 0.25) is 0 Å². The summed E-state index contributed by atoms with van der Waals surface area (Å²) in [5.41, 5.74) is 2.84. The molecule has 0 atom stereocenters. The van der Waals surface area contributed by atoms with Crippen LogP contribution in [0.15, 0.2) is 42.0 Å². The number of carbonyl (C=O) groups excluding carboxylic acids is 1. The molecule has 1 aliphatic rings. The number of pyridine rings is 2. The molecule has 0 saturated carbocycles. The molecule has 4 heterocycles. The summed E-state index contributed by atoms with van der Waals surface area (Å²) in [6.07, 6.45) is 4.75. The first kappa shape index (κ1) is 20.4. The molecular weight excluding hydrogens is 403 g/mol. The fraction of sp³-hybridized carbons (Fsp3) is 0.333. The predicted octanol–water partition coefficient (Wildman–Crippen LogP) is 3.94. The molecule has 156 valence electrons. The molecule has 30 heavy (non-hydrogen) atoms. The van der Waals surface area contributed by atoms with Crippen molar-refractivity contribution < 1.29 is 9.18 Å². The Labute approximate surface area is 178 Å². The number of likely N-dealkylation sites (tertiary alicyclic amines) is 1. The lowest BCUT2D eigenvalue weighted by molar-refractivity contribution is -0.117. The first-order chi connectivity index (χ1) is 14.5. The first-order valence-electron chi connectivity index (χ1n) is 9.84. The van der Waals surface area contributed by atoms with Gasteiger partial charge in [0.25, 0.3) is 0 Å². The molecule has 0 spiro atoms. The van der Waals surface area contributed by atoms with E-state index in [1.165, 1.54) is 23.6 Å². The van der Waals surface area contributed by atoms with Crippen molar-refractivity contribution in [1.82, 2.24) is 19.9 Å². The number of nitrogens with one attached hydrogen (secondary N) is 2. The normalized spacial score (nSPS) is 15.1. The number of nitrogens with zero attached hydrogens (tertiary/aromatic N) is 4. The Kier molecular flexibility index (Phi) is 6.29. The van der Waals surface area contributed by atoms with E-state index < -0.39 is 0 Å². The number of aromatic nitrogens is 3. The number of thiazole rings is 1. The molecule has 2 N–H and O–H groups in total. The highest BCUT2D eigenvalue weighted by Crippen LogP contribution is 2.29. The Balaban J connectivity index is 1.34. The molecule has 0 radical (unpaired) electrons. The maximum Gasteiger partial charge on any atom is 0.240 e. The Morgan fingerprint density at radius 2 is 2.10 bits per heavy atom. The van der Waals surface area contributed by atoms with Gasteiger partial charge in [0.1, 0.15) is 11.6 Å². The largest absolute Gasteiger partial charge is 0.340 e. The van der Waals surface area contributed by atoms with Crippen LogP contribution in [0.25, 0.3) is 0 Å². The lowest BCUT2D eigenvalue weighted by atomic mass is 9.92. The van der Waals surface area contributed by atoms with Gasteiger partial charge < -0.3 is 10.6 Å². The summed E-state index contributed by atoms with van der Waals surface area (Å²) in [6, 6.07) is 6.98. The van der Waals surface area contributed by atoms with Crippen LogP contribution in [0.1, 0.15) is 30.1 Å². The number of hydrogen-bond donors (Lipinski definition) is 2. The van der Waals surface area contributed by atoms with Crippen LogP contribution in [0.3, 0.4) is 0 Å². The molecule has 9 heteroatoms. The molecule has 4 rings (SSSR count). The number of hydrogen-bond acceptors (Lipinski definition) is 7. The standard InChI is InChI=1S/C21H23FN6OS/c1-14-10-17(26-19-3-2-16(22)12-24-19)11-18(25-14)15-4-7-28(8-5-15)13-20(29)27-21-23-6-9-30-21/h2-3,6,9-12,15H,4-5,7-8,13H2,1H3,(H,23,27,29)(H,24,25,26). The van der Waals surface area contributed by atoms with Crippen molar-refractivity contribution in [2.75, 3.05) is 30.3 Å². The second-order valence-electron chi connectivity index (χ2n) is 7.34. The zero-order valence-electron chi connectivity index (χ0n) is 16.6. The Morgan fingerprint density at radius 1 is 1.27 bits per heavy atom. The number of piperidine rings is 1. The highest BCUT2D eigenvalue weighted by Gasteiger charge is 2.23. The van der Waals surface area contributed by atoms with Crippen molar-refractivity contribution in [1.29, 1.82) is 0 Å². The van der Waals surface area contributed by atoms with E-state index in [2.05, 4.69) is 25.5 Å². The monoisotopic (exact) mass is 426 g/mol. The number of anilines is 3. The van der Waals surface area contributed by atoms with E-state index in [4.69, 9.17) is 4.98 Å². The number of rotatable bonds is 6. The molecular formula is C21H23FN6OS. The van der Waals surface area contributed by atoms with Crippen molar-refractivity contribution in [3.8, 4) is 0 Å². The second kappa shape index (κ2) is 9.27. The zero-order chi connectivity index (χ0) is 20.9. The smallest absolute Gasteiger partial charge is 0.240 e. The van der Waals surface area contributed by atoms with Gasteiger partial charge in [-0.15, -0.1) is 11.3 Å². The van der Waals surface area contributed by atoms with Crippen LogP contribution in [-0.4, -0.2) is 45.4 Å². The van der Waals surface area contributed by atoms with Crippen LogP contribution in [0, 0.1) is 12.7 Å². The molecule has 3 aromatic rings. The summed E-state index contributed by atoms with van der Waals surface area (Å²) >= 11 is 1.42. The van der Waals surface area contributed by atoms with Gasteiger partial charge in [0, 0.05) is 34.6 Å². The van der Waals surface area contributed by atoms with Crippen molar-refractivity contribution in [2.45, 2.75) is 25.7 Å². The summed E-state index contributed by atoms with van der Waals surface area (Å²) in [5, 5.41) is 8.52. The van der Waals surface area contributed by atoms with E-state index in [0.717, 1.165) is 43.0 Å². The van der Waals surface area contributed by atoms with Crippen molar-refractivity contribution in [3.05, 3.63) is 59.2 Å². The maximum absolute atomic E-state index is 13.1. The minimum Gasteiger partial charge on any atom is -0.340 e. The quantitative estimate of drug-likeness (QED) is 0.621. The minimum atomic E-state index is -0.362. The van der Waals surface area contributed by atoms with Crippen molar-refractivity contribution in [3.63, 3.8) is 0 Å². The molecule has 1 amide bonds. The van der Waals surface area contributed by atoms with Crippen molar-refractivity contribution >= 4 is 33.9 Å². The SMILES string of the molecule is Cc1cc(Nc2ccc(F)cn2)cc(C2CCN(CC(=O)Nc3nccs3)CC2)n1. The second-order valence-corrected chi connectivity index (χ2v) is 8.24. The van der Waals surface area contributed by atoms with E-state index in [9.17, 15) is 9.18 Å². The lowest BCUT2D eigenvalue weighted by Crippen LogP contribution is -2.38. The van der Waals surface area contributed by atoms with Crippen LogP contribution in [0.4, 0.5) is 21.0 Å². The third-order valence-corrected chi connectivity index (χ3v) is 5.71. The van der Waals surface area contributed by atoms with Crippen LogP contribution in [0.5, 0.6) is 0 Å². The van der Waals surface area contributed by atoms with Gasteiger partial charge in [-0.25, -0.2) is 14.4 Å². The van der Waals surface area contributed by atoms with E-state index in [0.29, 0.717) is 23.4 Å². The molecule has 0 unspecified atom stereocenters. The molecule has 1 fully saturated rings. The molecule has 1 aliphatic heterocycles. The zero-order valence-corrected chi connectivity index (χ0v) is 17.5. The number of halogens is 1. The summed E-state index contributed by atoms with van der Waals surface area (Å²) < 4.78 is 13.1. The predicted molar refractivity (Wildman–Crippen MR) is 116 cm³/mol. The fourth-order valence-electron chi connectivity index (χ4n) is 3.61. The third-order valence-electron chi connectivity index (χ3n) is 5.02. The van der Waals surface area contributed by atoms with Gasteiger partial charge in [0.2, 0.25) is 5.91 Å². The highest BCUT2D eigenvalue weighted by molar-refractivity contribution is 7.13. The number of aryl methyl sites for hydroxylation is 1. The molecule has 0 aliphatic carbocycles. The first-order valence-corrected chi connectivity index (χ1v) is 10.7. The topological polar surface area (TPSA) is 83.0 Å². The lowest BCUT2D eigenvalue weighted by Gasteiger charge is -2.31. The van der Waals surface area contributed by atoms with E-state index >= 15 is 0 Å². The fourth-order valence-corrected chi connectivity index (χ4v) is 4.15. The maximum atomic E-state index is 13.1. The highest BCUT2D eigenvalue weighted by atomic mass is 32.1. The number of carbonyl (C=O) groups is 1. The van der Waals surface area contributed by atoms with Crippen molar-refractivity contribution in [2.24, 2.45) is 0 Å². The van der Waals surface area contributed by atoms with E-state index in [1.54, 1.807) is 12.3 Å². The molecule has 0 bridgehead atoms. The molecule has 0 aromatic carbocycles. The minimum absolute atomic E-state index is 0.0321. The molecule has 1 saturated heterocycles. The van der Waals surface area contributed by atoms with E-state index in [-0.39, 0.29) is 11.7 Å². The summed E-state index contributed by atoms with van der Waals surface area (Å²) in [4.78, 5) is 27.2. The third kappa shape index (κ3) is 5.37. The Morgan fingerprint density at radius 3 is 2.80 bits per heavy atom. The van der Waals surface area contributed by atoms with Gasteiger partial charge in [-0.2, -0.15) is 0 Å². The summed E-state index contributed by atoms with van der Waals surface area (Å²) in [7, 11) is 0. The Bertz CT molecular complexity index is 987. The summed E-state index contributed by atoms with van der Waals surface area (Å²) in [6.45, 7) is 4.02. The summed E-state index contributed by atoms with van der Waals surface area (Å²) in [5.74, 6) is 0.536.